The van der Waals surface area contributed by atoms with Crippen molar-refractivity contribution in [2.45, 2.75) is 0 Å². The normalized spacial score (nSPS) is 10.3. The molecule has 1 heterocycles. The van der Waals surface area contributed by atoms with Gasteiger partial charge in [-0.2, -0.15) is 0 Å². The van der Waals surface area contributed by atoms with Crippen LogP contribution in [0.1, 0.15) is 42.3 Å². The molecule has 3 aromatic rings. The van der Waals surface area contributed by atoms with Crippen LogP contribution in [0.15, 0.2) is 71.3 Å². The van der Waals surface area contributed by atoms with E-state index in [1.807, 2.05) is 0 Å². The van der Waals surface area contributed by atoms with Gasteiger partial charge in [0, 0.05) is 27.4 Å². The zero-order valence-corrected chi connectivity index (χ0v) is 15.9. The Morgan fingerprint density at radius 3 is 2.22 bits per heavy atom. The Morgan fingerprint density at radius 2 is 1.59 bits per heavy atom. The number of benzene rings is 2. The summed E-state index contributed by atoms with van der Waals surface area (Å²) in [6.07, 6.45) is 1.52. The fraction of sp³-hybridized carbons (Fsp3) is 0.0476. The van der Waals surface area contributed by atoms with Gasteiger partial charge in [0.1, 0.15) is 5.69 Å². The molecule has 0 N–H and O–H groups in total. The second-order valence-corrected chi connectivity index (χ2v) is 6.55. The van der Waals surface area contributed by atoms with E-state index >= 15 is 0 Å². The fourth-order valence-electron chi connectivity index (χ4n) is 2.57. The van der Waals surface area contributed by atoms with Crippen LogP contribution in [-0.2, 0) is 4.74 Å². The van der Waals surface area contributed by atoms with Crippen molar-refractivity contribution in [3.05, 3.63) is 99.3 Å². The van der Waals surface area contributed by atoms with Crippen molar-refractivity contribution >= 4 is 33.5 Å². The van der Waals surface area contributed by atoms with Gasteiger partial charge < -0.3 is 4.74 Å². The molecule has 0 bridgehead atoms. The van der Waals surface area contributed by atoms with E-state index in [1.54, 1.807) is 42.5 Å². The first-order chi connectivity index (χ1) is 13.0. The summed E-state index contributed by atoms with van der Waals surface area (Å²) in [5.41, 5.74) is 1.13. The molecule has 0 atom stereocenters. The maximum absolute atomic E-state index is 12.8. The van der Waals surface area contributed by atoms with Gasteiger partial charge in [0.15, 0.2) is 5.78 Å². The molecule has 5 nitrogen and oxygen atoms in total. The topological polar surface area (TPSA) is 73.3 Å². The molecule has 0 unspecified atom stereocenters. The van der Waals surface area contributed by atoms with E-state index in [4.69, 9.17) is 4.74 Å². The van der Waals surface area contributed by atoms with E-state index in [-0.39, 0.29) is 34.0 Å². The van der Waals surface area contributed by atoms with Crippen LogP contribution >= 0.6 is 15.9 Å². The number of nitrogens with zero attached hydrogens (tertiary/aromatic N) is 1. The van der Waals surface area contributed by atoms with Gasteiger partial charge in [0.2, 0.25) is 5.78 Å². The number of hydrogen-bond donors (Lipinski definition) is 0. The molecule has 27 heavy (non-hydrogen) atoms. The Bertz CT molecular complexity index is 1010. The van der Waals surface area contributed by atoms with Crippen molar-refractivity contribution < 1.29 is 19.1 Å². The summed E-state index contributed by atoms with van der Waals surface area (Å²) in [5.74, 6) is -1.36. The lowest BCUT2D eigenvalue weighted by molar-refractivity contribution is 0.0597. The van der Waals surface area contributed by atoms with Crippen molar-refractivity contribution in [2.75, 3.05) is 7.11 Å². The molecule has 2 aromatic carbocycles. The number of pyridine rings is 1. The summed E-state index contributed by atoms with van der Waals surface area (Å²) in [6.45, 7) is 0. The molecule has 134 valence electrons. The highest BCUT2D eigenvalue weighted by Gasteiger charge is 2.22. The molecule has 1 aromatic heterocycles. The van der Waals surface area contributed by atoms with E-state index in [1.165, 1.54) is 31.5 Å². The highest BCUT2D eigenvalue weighted by Crippen LogP contribution is 2.20. The Morgan fingerprint density at radius 1 is 0.852 bits per heavy atom. The Kier molecular flexibility index (Phi) is 5.57. The third-order valence-electron chi connectivity index (χ3n) is 3.93. The quantitative estimate of drug-likeness (QED) is 0.456. The second kappa shape index (κ2) is 8.05. The monoisotopic (exact) mass is 423 g/mol. The number of carbonyl (C=O) groups is 3. The maximum Gasteiger partial charge on any atom is 0.338 e. The summed E-state index contributed by atoms with van der Waals surface area (Å²) in [6, 6.07) is 16.2. The van der Waals surface area contributed by atoms with Crippen LogP contribution < -0.4 is 0 Å². The van der Waals surface area contributed by atoms with Gasteiger partial charge >= 0.3 is 5.97 Å². The van der Waals surface area contributed by atoms with Crippen molar-refractivity contribution in [1.82, 2.24) is 4.98 Å². The van der Waals surface area contributed by atoms with Gasteiger partial charge in [0.25, 0.3) is 0 Å². The van der Waals surface area contributed by atoms with E-state index in [0.29, 0.717) is 5.56 Å². The molecule has 0 amide bonds. The first-order valence-electron chi connectivity index (χ1n) is 7.99. The SMILES string of the molecule is COC(=O)c1cc(C(=O)c2ccc(Br)cn2)ccc1C(=O)c1ccccc1. The number of ketones is 2. The minimum atomic E-state index is -0.687. The predicted octanol–water partition coefficient (Wildman–Crippen LogP) is 4.09. The lowest BCUT2D eigenvalue weighted by Gasteiger charge is -2.09. The van der Waals surface area contributed by atoms with Crippen molar-refractivity contribution in [1.29, 1.82) is 0 Å². The molecule has 6 heteroatoms. The number of carbonyl (C=O) groups excluding carboxylic acids is 3. The average molecular weight is 424 g/mol. The molecule has 0 radical (unpaired) electrons. The van der Waals surface area contributed by atoms with E-state index in [0.717, 1.165) is 4.47 Å². The average Bonchev–Trinajstić information content (AvgIpc) is 2.73. The molecule has 0 aliphatic heterocycles. The predicted molar refractivity (Wildman–Crippen MR) is 103 cm³/mol. The Labute approximate surface area is 164 Å². The van der Waals surface area contributed by atoms with Crippen molar-refractivity contribution in [3.63, 3.8) is 0 Å². The van der Waals surface area contributed by atoms with Crippen LogP contribution in [0.4, 0.5) is 0 Å². The molecule has 0 saturated carbocycles. The number of halogens is 1. The molecule has 0 fully saturated rings. The van der Waals surface area contributed by atoms with Gasteiger partial charge in [-0.3, -0.25) is 14.6 Å². The van der Waals surface area contributed by atoms with Gasteiger partial charge in [-0.15, -0.1) is 0 Å². The van der Waals surface area contributed by atoms with Crippen molar-refractivity contribution in [3.8, 4) is 0 Å². The minimum absolute atomic E-state index is 0.0364. The zero-order chi connectivity index (χ0) is 19.4. The number of esters is 1. The first kappa shape index (κ1) is 18.7. The molecule has 0 saturated heterocycles. The third kappa shape index (κ3) is 4.01. The van der Waals surface area contributed by atoms with Gasteiger partial charge in [-0.25, -0.2) is 4.79 Å². The fourth-order valence-corrected chi connectivity index (χ4v) is 2.80. The summed E-state index contributed by atoms with van der Waals surface area (Å²) < 4.78 is 5.54. The summed E-state index contributed by atoms with van der Waals surface area (Å²) in [7, 11) is 1.23. The van der Waals surface area contributed by atoms with E-state index in [9.17, 15) is 14.4 Å². The summed E-state index contributed by atoms with van der Waals surface area (Å²) in [5, 5.41) is 0. The number of methoxy groups -OCH3 is 1. The van der Waals surface area contributed by atoms with Gasteiger partial charge in [-0.05, 0) is 40.2 Å². The number of aromatic nitrogens is 1. The highest BCUT2D eigenvalue weighted by molar-refractivity contribution is 9.10. The van der Waals surface area contributed by atoms with Gasteiger partial charge in [-0.1, -0.05) is 36.4 Å². The van der Waals surface area contributed by atoms with E-state index in [2.05, 4.69) is 20.9 Å². The van der Waals surface area contributed by atoms with Crippen LogP contribution in [0.5, 0.6) is 0 Å². The molecule has 0 aliphatic rings. The van der Waals surface area contributed by atoms with Crippen molar-refractivity contribution in [2.24, 2.45) is 0 Å². The molecular formula is C21H14BrNO4. The first-order valence-corrected chi connectivity index (χ1v) is 8.79. The van der Waals surface area contributed by atoms with Crippen LogP contribution in [-0.4, -0.2) is 29.6 Å². The number of rotatable bonds is 5. The molecule has 0 spiro atoms. The molecular weight excluding hydrogens is 410 g/mol. The van der Waals surface area contributed by atoms with Crippen LogP contribution in [0.3, 0.4) is 0 Å². The Hall–Kier alpha value is -3.12. The van der Waals surface area contributed by atoms with Crippen LogP contribution in [0.2, 0.25) is 0 Å². The summed E-state index contributed by atoms with van der Waals surface area (Å²) >= 11 is 3.27. The van der Waals surface area contributed by atoms with E-state index < -0.39 is 5.97 Å². The van der Waals surface area contributed by atoms with Gasteiger partial charge in [0.05, 0.1) is 12.7 Å². The standard InChI is InChI=1S/C21H14BrNO4/c1-27-21(26)17-11-14(20(25)18-10-8-15(22)12-23-18)7-9-16(17)19(24)13-5-3-2-4-6-13/h2-12H,1H3. The smallest absolute Gasteiger partial charge is 0.338 e. The highest BCUT2D eigenvalue weighted by atomic mass is 79.9. The minimum Gasteiger partial charge on any atom is -0.465 e. The number of ether oxygens (including phenoxy) is 1. The lowest BCUT2D eigenvalue weighted by atomic mass is 9.95. The largest absolute Gasteiger partial charge is 0.465 e. The molecule has 3 rings (SSSR count). The number of hydrogen-bond acceptors (Lipinski definition) is 5. The molecule has 0 aliphatic carbocycles. The second-order valence-electron chi connectivity index (χ2n) is 5.64. The Balaban J connectivity index is 2.04. The van der Waals surface area contributed by atoms with Crippen LogP contribution in [0, 0.1) is 0 Å². The summed E-state index contributed by atoms with van der Waals surface area (Å²) in [4.78, 5) is 41.7. The lowest BCUT2D eigenvalue weighted by Crippen LogP contribution is -2.14. The maximum atomic E-state index is 12.8. The third-order valence-corrected chi connectivity index (χ3v) is 4.40. The van der Waals surface area contributed by atoms with Crippen LogP contribution in [0.25, 0.3) is 0 Å². The zero-order valence-electron chi connectivity index (χ0n) is 14.3.